The Hall–Kier alpha value is -2.24. The highest BCUT2D eigenvalue weighted by Gasteiger charge is 2.23. The molecule has 1 aromatic heterocycles. The van der Waals surface area contributed by atoms with Crippen LogP contribution >= 0.6 is 11.6 Å². The summed E-state index contributed by atoms with van der Waals surface area (Å²) in [5.41, 5.74) is 7.27. The van der Waals surface area contributed by atoms with Gasteiger partial charge in [0.15, 0.2) is 0 Å². The predicted molar refractivity (Wildman–Crippen MR) is 90.2 cm³/mol. The summed E-state index contributed by atoms with van der Waals surface area (Å²) in [6, 6.07) is 8.42. The van der Waals surface area contributed by atoms with Gasteiger partial charge in [-0.1, -0.05) is 17.7 Å². The van der Waals surface area contributed by atoms with Crippen LogP contribution in [0.5, 0.6) is 0 Å². The van der Waals surface area contributed by atoms with Gasteiger partial charge in [-0.2, -0.15) is 0 Å². The Morgan fingerprint density at radius 1 is 1.45 bits per heavy atom. The van der Waals surface area contributed by atoms with Crippen LogP contribution in [0.3, 0.4) is 0 Å². The summed E-state index contributed by atoms with van der Waals surface area (Å²) in [6.45, 7) is 5.66. The van der Waals surface area contributed by atoms with Gasteiger partial charge in [0, 0.05) is 18.8 Å². The number of amides is 1. The fourth-order valence-corrected chi connectivity index (χ4v) is 2.35. The highest BCUT2D eigenvalue weighted by atomic mass is 35.5. The molecule has 22 heavy (non-hydrogen) atoms. The number of hydrogen-bond donors (Lipinski definition) is 1. The van der Waals surface area contributed by atoms with Crippen molar-refractivity contribution >= 4 is 35.6 Å². The molecule has 0 bridgehead atoms. The average molecular weight is 317 g/mol. The SMILES string of the molecule is C=Nc1cccc(Cl)c1C(=O)N(C[C@H](C)N)c1cccnc1. The van der Waals surface area contributed by atoms with E-state index >= 15 is 0 Å². The summed E-state index contributed by atoms with van der Waals surface area (Å²) < 4.78 is 0. The van der Waals surface area contributed by atoms with Gasteiger partial charge < -0.3 is 10.6 Å². The van der Waals surface area contributed by atoms with E-state index in [1.165, 1.54) is 0 Å². The number of carbonyl (C=O) groups is 1. The Morgan fingerprint density at radius 2 is 2.23 bits per heavy atom. The number of anilines is 1. The minimum absolute atomic E-state index is 0.202. The topological polar surface area (TPSA) is 71.6 Å². The first-order chi connectivity index (χ1) is 10.5. The van der Waals surface area contributed by atoms with E-state index in [1.807, 2.05) is 6.92 Å². The van der Waals surface area contributed by atoms with Crippen LogP contribution in [0.15, 0.2) is 47.7 Å². The van der Waals surface area contributed by atoms with Crippen LogP contribution in [-0.2, 0) is 0 Å². The van der Waals surface area contributed by atoms with E-state index in [0.29, 0.717) is 28.5 Å². The van der Waals surface area contributed by atoms with Crippen molar-refractivity contribution in [2.24, 2.45) is 10.7 Å². The second-order valence-electron chi connectivity index (χ2n) is 4.90. The maximum Gasteiger partial charge on any atom is 0.262 e. The quantitative estimate of drug-likeness (QED) is 0.862. The van der Waals surface area contributed by atoms with Gasteiger partial charge in [-0.15, -0.1) is 0 Å². The van der Waals surface area contributed by atoms with Gasteiger partial charge in [-0.3, -0.25) is 14.8 Å². The molecule has 1 atom stereocenters. The van der Waals surface area contributed by atoms with E-state index in [1.54, 1.807) is 47.6 Å². The van der Waals surface area contributed by atoms with Crippen LogP contribution in [0.25, 0.3) is 0 Å². The monoisotopic (exact) mass is 316 g/mol. The molecule has 0 aliphatic heterocycles. The molecule has 0 fully saturated rings. The second kappa shape index (κ2) is 7.15. The minimum Gasteiger partial charge on any atom is -0.326 e. The molecule has 2 N–H and O–H groups in total. The van der Waals surface area contributed by atoms with Crippen LogP contribution < -0.4 is 10.6 Å². The lowest BCUT2D eigenvalue weighted by atomic mass is 10.1. The van der Waals surface area contributed by atoms with Crippen LogP contribution in [-0.4, -0.2) is 30.2 Å². The van der Waals surface area contributed by atoms with Crippen molar-refractivity contribution in [1.29, 1.82) is 0 Å². The van der Waals surface area contributed by atoms with Crippen molar-refractivity contribution in [3.63, 3.8) is 0 Å². The molecule has 0 saturated heterocycles. The zero-order valence-electron chi connectivity index (χ0n) is 12.2. The lowest BCUT2D eigenvalue weighted by Gasteiger charge is -2.25. The molecule has 0 aliphatic rings. The number of aromatic nitrogens is 1. The Balaban J connectivity index is 2.49. The summed E-state index contributed by atoms with van der Waals surface area (Å²) in [5.74, 6) is -0.279. The normalized spacial score (nSPS) is 11.8. The van der Waals surface area contributed by atoms with Gasteiger partial charge in [-0.05, 0) is 37.9 Å². The molecule has 2 aromatic rings. The molecular formula is C16H17ClN4O. The summed E-state index contributed by atoms with van der Waals surface area (Å²) in [6.07, 6.45) is 3.25. The van der Waals surface area contributed by atoms with Crippen LogP contribution in [0.4, 0.5) is 11.4 Å². The Kier molecular flexibility index (Phi) is 5.25. The average Bonchev–Trinajstić information content (AvgIpc) is 2.52. The van der Waals surface area contributed by atoms with Crippen LogP contribution in [0.2, 0.25) is 5.02 Å². The maximum atomic E-state index is 13.0. The molecule has 1 amide bonds. The lowest BCUT2D eigenvalue weighted by molar-refractivity contribution is 0.0986. The summed E-state index contributed by atoms with van der Waals surface area (Å²) in [7, 11) is 0. The molecule has 0 saturated carbocycles. The molecule has 1 aromatic carbocycles. The van der Waals surface area contributed by atoms with Gasteiger partial charge in [0.05, 0.1) is 28.2 Å². The van der Waals surface area contributed by atoms with Crippen molar-refractivity contribution in [2.75, 3.05) is 11.4 Å². The molecular weight excluding hydrogens is 300 g/mol. The number of nitrogens with zero attached hydrogens (tertiary/aromatic N) is 3. The second-order valence-corrected chi connectivity index (χ2v) is 5.30. The van der Waals surface area contributed by atoms with Crippen molar-refractivity contribution < 1.29 is 4.79 Å². The van der Waals surface area contributed by atoms with E-state index < -0.39 is 0 Å². The first-order valence-electron chi connectivity index (χ1n) is 6.77. The number of hydrogen-bond acceptors (Lipinski definition) is 4. The summed E-state index contributed by atoms with van der Waals surface area (Å²) in [4.78, 5) is 22.4. The van der Waals surface area contributed by atoms with E-state index in [9.17, 15) is 4.79 Å². The zero-order valence-corrected chi connectivity index (χ0v) is 13.0. The smallest absolute Gasteiger partial charge is 0.262 e. The van der Waals surface area contributed by atoms with E-state index in [4.69, 9.17) is 17.3 Å². The zero-order chi connectivity index (χ0) is 16.1. The van der Waals surface area contributed by atoms with Crippen molar-refractivity contribution in [3.8, 4) is 0 Å². The van der Waals surface area contributed by atoms with E-state index in [-0.39, 0.29) is 11.9 Å². The van der Waals surface area contributed by atoms with Crippen LogP contribution in [0.1, 0.15) is 17.3 Å². The Morgan fingerprint density at radius 3 is 2.82 bits per heavy atom. The number of benzene rings is 1. The van der Waals surface area contributed by atoms with Gasteiger partial charge in [0.1, 0.15) is 0 Å². The lowest BCUT2D eigenvalue weighted by Crippen LogP contribution is -2.40. The van der Waals surface area contributed by atoms with Crippen molar-refractivity contribution in [3.05, 3.63) is 53.3 Å². The summed E-state index contributed by atoms with van der Waals surface area (Å²) in [5, 5.41) is 0.327. The highest BCUT2D eigenvalue weighted by Crippen LogP contribution is 2.29. The van der Waals surface area contributed by atoms with Crippen LogP contribution in [0, 0.1) is 0 Å². The molecule has 114 valence electrons. The van der Waals surface area contributed by atoms with Gasteiger partial charge in [0.25, 0.3) is 5.91 Å². The van der Waals surface area contributed by atoms with Gasteiger partial charge in [-0.25, -0.2) is 0 Å². The Bertz CT molecular complexity index is 673. The third-order valence-corrected chi connectivity index (χ3v) is 3.36. The fraction of sp³-hybridized carbons (Fsp3) is 0.188. The molecule has 0 unspecified atom stereocenters. The van der Waals surface area contributed by atoms with Crippen molar-refractivity contribution in [2.45, 2.75) is 13.0 Å². The molecule has 0 spiro atoms. The predicted octanol–water partition coefficient (Wildman–Crippen LogP) is 3.06. The molecule has 1 heterocycles. The largest absolute Gasteiger partial charge is 0.326 e. The number of nitrogens with two attached hydrogens (primary N) is 1. The van der Waals surface area contributed by atoms with E-state index in [0.717, 1.165) is 0 Å². The summed E-state index contributed by atoms with van der Waals surface area (Å²) >= 11 is 6.19. The highest BCUT2D eigenvalue weighted by molar-refractivity contribution is 6.35. The Labute approximate surface area is 134 Å². The van der Waals surface area contributed by atoms with Gasteiger partial charge in [0.2, 0.25) is 0 Å². The first kappa shape index (κ1) is 16.1. The number of carbonyl (C=O) groups excluding carboxylic acids is 1. The number of pyridine rings is 1. The molecule has 6 heteroatoms. The standard InChI is InChI=1S/C16H17ClN4O/c1-11(18)10-21(12-5-4-8-20-9-12)16(22)15-13(17)6-3-7-14(15)19-2/h3-9,11H,2,10,18H2,1H3/t11-/m0/s1. The maximum absolute atomic E-state index is 13.0. The van der Waals surface area contributed by atoms with E-state index in [2.05, 4.69) is 16.7 Å². The van der Waals surface area contributed by atoms with Gasteiger partial charge >= 0.3 is 0 Å². The molecule has 0 aliphatic carbocycles. The third kappa shape index (κ3) is 3.50. The third-order valence-electron chi connectivity index (χ3n) is 3.05. The molecule has 2 rings (SSSR count). The fourth-order valence-electron chi connectivity index (χ4n) is 2.10. The molecule has 5 nitrogen and oxygen atoms in total. The van der Waals surface area contributed by atoms with Crippen molar-refractivity contribution in [1.82, 2.24) is 4.98 Å². The minimum atomic E-state index is -0.279. The number of halogens is 1. The molecule has 0 radical (unpaired) electrons. The number of rotatable bonds is 5. The first-order valence-corrected chi connectivity index (χ1v) is 7.15. The number of aliphatic imine (C=N–C) groups is 1.